The van der Waals surface area contributed by atoms with E-state index in [1.807, 2.05) is 13.8 Å². The molecule has 0 aliphatic heterocycles. The van der Waals surface area contributed by atoms with Crippen LogP contribution in [0.3, 0.4) is 0 Å². The van der Waals surface area contributed by atoms with Crippen molar-refractivity contribution < 1.29 is 18.6 Å². The number of ether oxygens (including phenoxy) is 2. The molecule has 0 heterocycles. The molecule has 0 aliphatic carbocycles. The third-order valence-corrected chi connectivity index (χ3v) is 2.39. The lowest BCUT2D eigenvalue weighted by Gasteiger charge is -2.22. The molecule has 1 atom stereocenters. The van der Waals surface area contributed by atoms with Crippen LogP contribution in [0.1, 0.15) is 27.7 Å². The summed E-state index contributed by atoms with van der Waals surface area (Å²) in [5, 5.41) is 0. The van der Waals surface area contributed by atoms with E-state index in [2.05, 4.69) is 0 Å². The van der Waals surface area contributed by atoms with Gasteiger partial charge in [0.05, 0.1) is 0 Å². The van der Waals surface area contributed by atoms with Gasteiger partial charge in [-0.2, -0.15) is 0 Å². The first kappa shape index (κ1) is 13.0. The van der Waals surface area contributed by atoms with E-state index in [9.17, 15) is 4.57 Å². The Morgan fingerprint density at radius 3 is 1.92 bits per heavy atom. The maximum atomic E-state index is 11.1. The van der Waals surface area contributed by atoms with E-state index in [1.54, 1.807) is 13.8 Å². The van der Waals surface area contributed by atoms with Gasteiger partial charge in [0.25, 0.3) is 0 Å². The van der Waals surface area contributed by atoms with Crippen molar-refractivity contribution >= 4 is 8.03 Å². The maximum absolute atomic E-state index is 11.1. The van der Waals surface area contributed by atoms with Gasteiger partial charge < -0.3 is 9.47 Å². The van der Waals surface area contributed by atoms with Gasteiger partial charge in [0.1, 0.15) is 0 Å². The van der Waals surface area contributed by atoms with E-state index in [4.69, 9.17) is 14.0 Å². The second-order valence-electron chi connectivity index (χ2n) is 2.47. The monoisotopic (exact) mass is 209 g/mol. The Balaban J connectivity index is 4.13. The summed E-state index contributed by atoms with van der Waals surface area (Å²) in [5.74, 6) is -1.16. The molecule has 0 aromatic rings. The summed E-state index contributed by atoms with van der Waals surface area (Å²) in [7, 11) is -1.69. The minimum atomic E-state index is -1.69. The first-order valence-corrected chi connectivity index (χ1v) is 5.86. The molecule has 1 unspecified atom stereocenters. The van der Waals surface area contributed by atoms with Gasteiger partial charge in [0.2, 0.25) is 0 Å². The molecule has 78 valence electrons. The molecular formula is C8H18O4P+. The molecule has 0 bridgehead atoms. The average Bonchev–Trinajstić information content (AvgIpc) is 2.04. The van der Waals surface area contributed by atoms with Gasteiger partial charge in [0, 0.05) is 20.1 Å². The molecule has 0 aromatic heterocycles. The summed E-state index contributed by atoms with van der Waals surface area (Å²) in [6.07, 6.45) is 0.463. The minimum absolute atomic E-state index is 0.462. The van der Waals surface area contributed by atoms with Gasteiger partial charge in [0.15, 0.2) is 6.16 Å². The largest absolute Gasteiger partial charge is 0.513 e. The first-order valence-electron chi connectivity index (χ1n) is 4.49. The summed E-state index contributed by atoms with van der Waals surface area (Å²) in [4.78, 5) is 0. The number of hydrogen-bond acceptors (Lipinski definition) is 4. The van der Waals surface area contributed by atoms with Crippen molar-refractivity contribution in [3.05, 3.63) is 0 Å². The van der Waals surface area contributed by atoms with Gasteiger partial charge >= 0.3 is 14.0 Å². The highest BCUT2D eigenvalue weighted by atomic mass is 31.1. The van der Waals surface area contributed by atoms with Crippen LogP contribution in [0.5, 0.6) is 0 Å². The topological polar surface area (TPSA) is 44.8 Å². The SMILES string of the molecule is CCOC(C)(OCC)O[P+](=O)CC. The summed E-state index contributed by atoms with van der Waals surface area (Å²) >= 11 is 0. The molecule has 0 amide bonds. The Bertz CT molecular complexity index is 154. The second kappa shape index (κ2) is 6.44. The van der Waals surface area contributed by atoms with Crippen LogP contribution in [-0.4, -0.2) is 25.3 Å². The summed E-state index contributed by atoms with van der Waals surface area (Å²) in [6, 6.07) is 0. The Morgan fingerprint density at radius 1 is 1.15 bits per heavy atom. The van der Waals surface area contributed by atoms with E-state index in [1.165, 1.54) is 0 Å². The van der Waals surface area contributed by atoms with Crippen LogP contribution >= 0.6 is 8.03 Å². The van der Waals surface area contributed by atoms with Crippen LogP contribution in [0.25, 0.3) is 0 Å². The van der Waals surface area contributed by atoms with Crippen molar-refractivity contribution in [2.45, 2.75) is 33.7 Å². The molecule has 4 nitrogen and oxygen atoms in total. The van der Waals surface area contributed by atoms with Crippen LogP contribution in [0.4, 0.5) is 0 Å². The molecule has 13 heavy (non-hydrogen) atoms. The highest BCUT2D eigenvalue weighted by molar-refractivity contribution is 7.39. The zero-order valence-corrected chi connectivity index (χ0v) is 9.60. The van der Waals surface area contributed by atoms with Crippen molar-refractivity contribution in [1.29, 1.82) is 0 Å². The lowest BCUT2D eigenvalue weighted by molar-refractivity contribution is -0.327. The van der Waals surface area contributed by atoms with Crippen LogP contribution in [0, 0.1) is 0 Å². The fourth-order valence-corrected chi connectivity index (χ4v) is 1.47. The standard InChI is InChI=1S/C8H18O4P/c1-5-10-8(4,11-6-2)12-13(9)7-3/h5-7H2,1-4H3/q+1. The molecule has 0 saturated heterocycles. The normalized spacial score (nSPS) is 13.1. The first-order chi connectivity index (χ1) is 6.08. The minimum Gasteiger partial charge on any atom is -0.325 e. The summed E-state index contributed by atoms with van der Waals surface area (Å²) in [6.45, 7) is 8.01. The molecule has 0 saturated carbocycles. The average molecular weight is 209 g/mol. The highest BCUT2D eigenvalue weighted by Crippen LogP contribution is 2.31. The molecule has 0 fully saturated rings. The fourth-order valence-electron chi connectivity index (χ4n) is 0.868. The lowest BCUT2D eigenvalue weighted by atomic mass is 10.6. The van der Waals surface area contributed by atoms with E-state index in [-0.39, 0.29) is 0 Å². The van der Waals surface area contributed by atoms with Crippen molar-refractivity contribution in [2.24, 2.45) is 0 Å². The van der Waals surface area contributed by atoms with Gasteiger partial charge in [-0.3, -0.25) is 0 Å². The molecule has 0 spiro atoms. The third kappa shape index (κ3) is 5.32. The van der Waals surface area contributed by atoms with Crippen molar-refractivity contribution in [1.82, 2.24) is 0 Å². The van der Waals surface area contributed by atoms with Crippen molar-refractivity contribution in [3.63, 3.8) is 0 Å². The molecule has 0 aliphatic rings. The van der Waals surface area contributed by atoms with E-state index < -0.39 is 14.0 Å². The van der Waals surface area contributed by atoms with Gasteiger partial charge in [-0.25, -0.2) is 0 Å². The summed E-state index contributed by atoms with van der Waals surface area (Å²) in [5.41, 5.74) is 0. The molecule has 0 aromatic carbocycles. The molecule has 5 heteroatoms. The fraction of sp³-hybridized carbons (Fsp3) is 1.00. The highest BCUT2D eigenvalue weighted by Gasteiger charge is 2.36. The Kier molecular flexibility index (Phi) is 6.43. The Morgan fingerprint density at radius 2 is 1.62 bits per heavy atom. The zero-order chi connectivity index (χ0) is 10.3. The van der Waals surface area contributed by atoms with E-state index in [0.29, 0.717) is 19.4 Å². The molecule has 0 rings (SSSR count). The molecule has 0 N–H and O–H groups in total. The van der Waals surface area contributed by atoms with Crippen LogP contribution < -0.4 is 0 Å². The van der Waals surface area contributed by atoms with Gasteiger partial charge in [-0.1, -0.05) is 4.52 Å². The predicted octanol–water partition coefficient (Wildman–Crippen LogP) is 2.51. The van der Waals surface area contributed by atoms with Crippen molar-refractivity contribution in [3.8, 4) is 0 Å². The predicted molar refractivity (Wildman–Crippen MR) is 50.9 cm³/mol. The van der Waals surface area contributed by atoms with Gasteiger partial charge in [-0.05, 0) is 25.3 Å². The van der Waals surface area contributed by atoms with Gasteiger partial charge in [-0.15, -0.1) is 0 Å². The van der Waals surface area contributed by atoms with Crippen LogP contribution in [-0.2, 0) is 18.6 Å². The smallest absolute Gasteiger partial charge is 0.325 e. The van der Waals surface area contributed by atoms with Crippen LogP contribution in [0.2, 0.25) is 0 Å². The Hall–Kier alpha value is -0.0200. The zero-order valence-electron chi connectivity index (χ0n) is 8.70. The van der Waals surface area contributed by atoms with E-state index >= 15 is 0 Å². The molecule has 0 radical (unpaired) electrons. The quantitative estimate of drug-likeness (QED) is 0.477. The van der Waals surface area contributed by atoms with Crippen molar-refractivity contribution in [2.75, 3.05) is 19.4 Å². The van der Waals surface area contributed by atoms with E-state index in [0.717, 1.165) is 0 Å². The number of hydrogen-bond donors (Lipinski definition) is 0. The lowest BCUT2D eigenvalue weighted by Crippen LogP contribution is -2.33. The maximum Gasteiger partial charge on any atom is 0.513 e. The second-order valence-corrected chi connectivity index (χ2v) is 3.95. The number of rotatable bonds is 7. The third-order valence-electron chi connectivity index (χ3n) is 1.34. The Labute approximate surface area is 80.4 Å². The summed E-state index contributed by atoms with van der Waals surface area (Å²) < 4.78 is 26.7. The van der Waals surface area contributed by atoms with Crippen LogP contribution in [0.15, 0.2) is 0 Å². The molecular weight excluding hydrogens is 191 g/mol.